The molecule has 1 amide bonds. The molecule has 0 aliphatic rings. The first-order chi connectivity index (χ1) is 12.0. The van der Waals surface area contributed by atoms with Crippen molar-refractivity contribution in [3.63, 3.8) is 0 Å². The van der Waals surface area contributed by atoms with Crippen LogP contribution in [0.3, 0.4) is 0 Å². The highest BCUT2D eigenvalue weighted by atomic mass is 19.1. The van der Waals surface area contributed by atoms with Crippen LogP contribution in [0.4, 0.5) is 8.78 Å². The Bertz CT molecular complexity index is 1000. The summed E-state index contributed by atoms with van der Waals surface area (Å²) in [6, 6.07) is 9.46. The molecular formula is C18H15F2N3O2. The number of carbonyl (C=O) groups excluding carboxylic acids is 1. The Morgan fingerprint density at radius 2 is 2.00 bits per heavy atom. The van der Waals surface area contributed by atoms with E-state index in [4.69, 9.17) is 0 Å². The van der Waals surface area contributed by atoms with E-state index in [-0.39, 0.29) is 12.1 Å². The summed E-state index contributed by atoms with van der Waals surface area (Å²) in [6.07, 6.45) is 1.15. The summed E-state index contributed by atoms with van der Waals surface area (Å²) in [4.78, 5) is 28.3. The number of fused-ring (bicyclic) bond motifs is 1. The molecule has 5 nitrogen and oxygen atoms in total. The van der Waals surface area contributed by atoms with Crippen LogP contribution >= 0.6 is 0 Å². The molecule has 0 aliphatic heterocycles. The number of para-hydroxylation sites is 2. The van der Waals surface area contributed by atoms with Crippen molar-refractivity contribution in [3.05, 3.63) is 76.2 Å². The second-order valence-corrected chi connectivity index (χ2v) is 5.63. The Labute approximate surface area is 141 Å². The lowest BCUT2D eigenvalue weighted by atomic mass is 10.1. The zero-order chi connectivity index (χ0) is 18.0. The van der Waals surface area contributed by atoms with Gasteiger partial charge in [-0.1, -0.05) is 18.2 Å². The second-order valence-electron chi connectivity index (χ2n) is 5.63. The molecule has 0 fully saturated rings. The van der Waals surface area contributed by atoms with Crippen LogP contribution in [-0.4, -0.2) is 15.5 Å². The average molecular weight is 343 g/mol. The van der Waals surface area contributed by atoms with Gasteiger partial charge in [0, 0.05) is 11.6 Å². The quantitative estimate of drug-likeness (QED) is 0.792. The summed E-state index contributed by atoms with van der Waals surface area (Å²) in [5.41, 5.74) is 0.884. The van der Waals surface area contributed by atoms with Crippen molar-refractivity contribution < 1.29 is 13.6 Å². The van der Waals surface area contributed by atoms with Gasteiger partial charge in [-0.05, 0) is 25.1 Å². The maximum absolute atomic E-state index is 13.8. The monoisotopic (exact) mass is 343 g/mol. The fraction of sp³-hybridized carbons (Fsp3) is 0.167. The molecule has 0 bridgehead atoms. The van der Waals surface area contributed by atoms with Crippen LogP contribution in [0, 0.1) is 11.6 Å². The van der Waals surface area contributed by atoms with Crippen molar-refractivity contribution in [1.29, 1.82) is 0 Å². The van der Waals surface area contributed by atoms with E-state index < -0.39 is 29.1 Å². The van der Waals surface area contributed by atoms with E-state index in [0.29, 0.717) is 11.0 Å². The normalized spacial score (nSPS) is 12.1. The molecule has 1 heterocycles. The molecule has 1 atom stereocenters. The number of nitrogens with one attached hydrogen (secondary N) is 1. The SMILES string of the molecule is C[C@H](NC(=O)Cn1c(=O)cnc2ccccc21)c1ccc(F)cc1F. The highest BCUT2D eigenvalue weighted by Crippen LogP contribution is 2.17. The first kappa shape index (κ1) is 16.8. The van der Waals surface area contributed by atoms with Crippen LogP contribution in [0.15, 0.2) is 53.5 Å². The Balaban J connectivity index is 1.81. The summed E-state index contributed by atoms with van der Waals surface area (Å²) < 4.78 is 28.1. The van der Waals surface area contributed by atoms with E-state index in [2.05, 4.69) is 10.3 Å². The van der Waals surface area contributed by atoms with E-state index in [1.165, 1.54) is 10.6 Å². The van der Waals surface area contributed by atoms with Crippen molar-refractivity contribution in [2.24, 2.45) is 0 Å². The summed E-state index contributed by atoms with van der Waals surface area (Å²) in [5, 5.41) is 2.62. The average Bonchev–Trinajstić information content (AvgIpc) is 2.57. The third-order valence-electron chi connectivity index (χ3n) is 3.86. The largest absolute Gasteiger partial charge is 0.348 e. The van der Waals surface area contributed by atoms with Crippen molar-refractivity contribution in [1.82, 2.24) is 14.9 Å². The van der Waals surface area contributed by atoms with E-state index in [0.717, 1.165) is 18.3 Å². The minimum Gasteiger partial charge on any atom is -0.348 e. The van der Waals surface area contributed by atoms with Gasteiger partial charge in [0.15, 0.2) is 0 Å². The summed E-state index contributed by atoms with van der Waals surface area (Å²) in [7, 11) is 0. The van der Waals surface area contributed by atoms with Crippen molar-refractivity contribution in [2.75, 3.05) is 0 Å². The number of rotatable bonds is 4. The molecule has 0 radical (unpaired) electrons. The van der Waals surface area contributed by atoms with Gasteiger partial charge >= 0.3 is 0 Å². The maximum Gasteiger partial charge on any atom is 0.269 e. The third kappa shape index (κ3) is 3.55. The van der Waals surface area contributed by atoms with Gasteiger partial charge in [-0.25, -0.2) is 13.8 Å². The van der Waals surface area contributed by atoms with Gasteiger partial charge in [0.2, 0.25) is 5.91 Å². The summed E-state index contributed by atoms with van der Waals surface area (Å²) >= 11 is 0. The first-order valence-electron chi connectivity index (χ1n) is 7.64. The molecule has 0 saturated heterocycles. The Hall–Kier alpha value is -3.09. The third-order valence-corrected chi connectivity index (χ3v) is 3.86. The van der Waals surface area contributed by atoms with Gasteiger partial charge in [0.1, 0.15) is 18.2 Å². The van der Waals surface area contributed by atoms with Crippen LogP contribution in [0.5, 0.6) is 0 Å². The summed E-state index contributed by atoms with van der Waals surface area (Å²) in [5.74, 6) is -1.89. The molecule has 128 valence electrons. The molecule has 1 N–H and O–H groups in total. The van der Waals surface area contributed by atoms with Crippen LogP contribution in [0.1, 0.15) is 18.5 Å². The molecule has 3 rings (SSSR count). The van der Waals surface area contributed by atoms with Gasteiger partial charge in [-0.3, -0.25) is 14.2 Å². The van der Waals surface area contributed by atoms with Crippen LogP contribution in [0.2, 0.25) is 0 Å². The van der Waals surface area contributed by atoms with E-state index in [1.807, 2.05) is 0 Å². The Morgan fingerprint density at radius 1 is 1.24 bits per heavy atom. The van der Waals surface area contributed by atoms with E-state index >= 15 is 0 Å². The van der Waals surface area contributed by atoms with Gasteiger partial charge in [-0.2, -0.15) is 0 Å². The number of halogens is 2. The molecule has 0 saturated carbocycles. The Morgan fingerprint density at radius 3 is 2.76 bits per heavy atom. The fourth-order valence-electron chi connectivity index (χ4n) is 2.64. The standard InChI is InChI=1S/C18H15F2N3O2/c1-11(13-7-6-12(19)8-14(13)20)22-17(24)10-23-16-5-3-2-4-15(16)21-9-18(23)25/h2-9,11H,10H2,1H3,(H,22,24)/t11-/m0/s1. The highest BCUT2D eigenvalue weighted by Gasteiger charge is 2.15. The topological polar surface area (TPSA) is 64.0 Å². The molecule has 0 unspecified atom stereocenters. The number of amides is 1. The maximum atomic E-state index is 13.8. The van der Waals surface area contributed by atoms with E-state index in [1.54, 1.807) is 31.2 Å². The second kappa shape index (κ2) is 6.80. The minimum atomic E-state index is -0.737. The lowest BCUT2D eigenvalue weighted by molar-refractivity contribution is -0.122. The molecule has 25 heavy (non-hydrogen) atoms. The number of nitrogens with zero attached hydrogens (tertiary/aromatic N) is 2. The number of carbonyl (C=O) groups is 1. The number of hydrogen-bond acceptors (Lipinski definition) is 3. The van der Waals surface area contributed by atoms with E-state index in [9.17, 15) is 18.4 Å². The van der Waals surface area contributed by atoms with Gasteiger partial charge in [0.05, 0.1) is 23.3 Å². The molecule has 0 aliphatic carbocycles. The molecule has 7 heteroatoms. The number of benzene rings is 2. The molecule has 3 aromatic rings. The van der Waals surface area contributed by atoms with Crippen molar-refractivity contribution in [2.45, 2.75) is 19.5 Å². The van der Waals surface area contributed by atoms with Crippen molar-refractivity contribution >= 4 is 16.9 Å². The minimum absolute atomic E-state index is 0.168. The molecule has 0 spiro atoms. The van der Waals surface area contributed by atoms with Crippen LogP contribution in [0.25, 0.3) is 11.0 Å². The fourth-order valence-corrected chi connectivity index (χ4v) is 2.64. The molecule has 2 aromatic carbocycles. The molecule has 1 aromatic heterocycles. The highest BCUT2D eigenvalue weighted by molar-refractivity contribution is 5.80. The van der Waals surface area contributed by atoms with Crippen molar-refractivity contribution in [3.8, 4) is 0 Å². The van der Waals surface area contributed by atoms with Crippen LogP contribution in [-0.2, 0) is 11.3 Å². The smallest absolute Gasteiger partial charge is 0.269 e. The van der Waals surface area contributed by atoms with Crippen LogP contribution < -0.4 is 10.9 Å². The first-order valence-corrected chi connectivity index (χ1v) is 7.64. The van der Waals surface area contributed by atoms with Gasteiger partial charge in [-0.15, -0.1) is 0 Å². The zero-order valence-corrected chi connectivity index (χ0v) is 13.4. The lowest BCUT2D eigenvalue weighted by Crippen LogP contribution is -2.34. The van der Waals surface area contributed by atoms with Gasteiger partial charge < -0.3 is 5.32 Å². The number of hydrogen-bond donors (Lipinski definition) is 1. The predicted molar refractivity (Wildman–Crippen MR) is 88.9 cm³/mol. The summed E-state index contributed by atoms with van der Waals surface area (Å²) in [6.45, 7) is 1.36. The number of aromatic nitrogens is 2. The molecular weight excluding hydrogens is 328 g/mol. The Kier molecular flexibility index (Phi) is 4.56. The lowest BCUT2D eigenvalue weighted by Gasteiger charge is -2.16. The predicted octanol–water partition coefficient (Wildman–Crippen LogP) is 2.55. The van der Waals surface area contributed by atoms with Gasteiger partial charge in [0.25, 0.3) is 5.56 Å². The zero-order valence-electron chi connectivity index (χ0n) is 13.4.